The van der Waals surface area contributed by atoms with E-state index in [1.54, 1.807) is 12.1 Å². The highest BCUT2D eigenvalue weighted by atomic mass is 32.2. The molecule has 1 aromatic rings. The van der Waals surface area contributed by atoms with Crippen LogP contribution in [-0.2, 0) is 15.6 Å². The molecule has 94 valence electrons. The molecule has 0 fully saturated rings. The standard InChI is InChI=1S/C12H18N2O2S/c1-8(2)14-12(15)7-17(16)11-5-4-9(3)6-10(11)13/h4-6,8H,7,13H2,1-3H3,(H,14,15). The summed E-state index contributed by atoms with van der Waals surface area (Å²) in [6.07, 6.45) is 0. The predicted molar refractivity (Wildman–Crippen MR) is 70.1 cm³/mol. The van der Waals surface area contributed by atoms with Crippen LogP contribution in [0.1, 0.15) is 19.4 Å². The normalized spacial score (nSPS) is 12.5. The Labute approximate surface area is 104 Å². The summed E-state index contributed by atoms with van der Waals surface area (Å²) in [5.41, 5.74) is 7.26. The minimum absolute atomic E-state index is 0.0502. The summed E-state index contributed by atoms with van der Waals surface area (Å²) in [4.78, 5) is 12.0. The van der Waals surface area contributed by atoms with Crippen molar-refractivity contribution in [3.63, 3.8) is 0 Å². The van der Waals surface area contributed by atoms with E-state index in [2.05, 4.69) is 5.32 Å². The first kappa shape index (κ1) is 13.7. The summed E-state index contributed by atoms with van der Waals surface area (Å²) in [5.74, 6) is -0.274. The lowest BCUT2D eigenvalue weighted by molar-refractivity contribution is -0.119. The lowest BCUT2D eigenvalue weighted by atomic mass is 10.2. The van der Waals surface area contributed by atoms with Crippen molar-refractivity contribution in [3.05, 3.63) is 23.8 Å². The Morgan fingerprint density at radius 2 is 2.12 bits per heavy atom. The second-order valence-electron chi connectivity index (χ2n) is 4.25. The fourth-order valence-corrected chi connectivity index (χ4v) is 2.45. The monoisotopic (exact) mass is 254 g/mol. The largest absolute Gasteiger partial charge is 0.398 e. The minimum Gasteiger partial charge on any atom is -0.398 e. The van der Waals surface area contributed by atoms with Crippen LogP contribution >= 0.6 is 0 Å². The van der Waals surface area contributed by atoms with Crippen LogP contribution in [-0.4, -0.2) is 21.9 Å². The molecule has 0 saturated heterocycles. The lowest BCUT2D eigenvalue weighted by Gasteiger charge is -2.09. The summed E-state index contributed by atoms with van der Waals surface area (Å²) < 4.78 is 11.9. The smallest absolute Gasteiger partial charge is 0.233 e. The number of rotatable bonds is 4. The molecule has 0 aliphatic carbocycles. The average Bonchev–Trinajstić information content (AvgIpc) is 2.15. The van der Waals surface area contributed by atoms with E-state index in [1.165, 1.54) is 0 Å². The molecular weight excluding hydrogens is 236 g/mol. The first-order chi connectivity index (χ1) is 7.90. The van der Waals surface area contributed by atoms with E-state index in [-0.39, 0.29) is 17.7 Å². The van der Waals surface area contributed by atoms with Crippen LogP contribution in [0, 0.1) is 6.92 Å². The zero-order valence-electron chi connectivity index (χ0n) is 10.3. The molecule has 5 heteroatoms. The second kappa shape index (κ2) is 5.82. The minimum atomic E-state index is -1.39. The van der Waals surface area contributed by atoms with Crippen molar-refractivity contribution in [2.75, 3.05) is 11.5 Å². The number of nitrogens with one attached hydrogen (secondary N) is 1. The quantitative estimate of drug-likeness (QED) is 0.793. The third-order valence-electron chi connectivity index (χ3n) is 2.12. The third-order valence-corrected chi connectivity index (χ3v) is 3.51. The van der Waals surface area contributed by atoms with Gasteiger partial charge in [0.05, 0.1) is 15.7 Å². The van der Waals surface area contributed by atoms with Gasteiger partial charge in [-0.2, -0.15) is 0 Å². The maximum Gasteiger partial charge on any atom is 0.233 e. The van der Waals surface area contributed by atoms with Gasteiger partial charge in [-0.3, -0.25) is 9.00 Å². The molecule has 17 heavy (non-hydrogen) atoms. The summed E-state index contributed by atoms with van der Waals surface area (Å²) in [5, 5.41) is 2.70. The molecule has 4 nitrogen and oxygen atoms in total. The molecule has 0 aliphatic rings. The van der Waals surface area contributed by atoms with Crippen LogP contribution in [0.25, 0.3) is 0 Å². The van der Waals surface area contributed by atoms with Crippen molar-refractivity contribution in [2.45, 2.75) is 31.7 Å². The Morgan fingerprint density at radius 3 is 2.65 bits per heavy atom. The van der Waals surface area contributed by atoms with E-state index in [9.17, 15) is 9.00 Å². The van der Waals surface area contributed by atoms with Crippen LogP contribution in [0.4, 0.5) is 5.69 Å². The summed E-state index contributed by atoms with van der Waals surface area (Å²) >= 11 is 0. The van der Waals surface area contributed by atoms with Crippen LogP contribution in [0.5, 0.6) is 0 Å². The maximum absolute atomic E-state index is 11.9. The molecule has 1 atom stereocenters. The molecule has 0 bridgehead atoms. The SMILES string of the molecule is Cc1ccc(S(=O)CC(=O)NC(C)C)c(N)c1. The number of nitrogens with two attached hydrogens (primary N) is 1. The first-order valence-electron chi connectivity index (χ1n) is 5.44. The van der Waals surface area contributed by atoms with Crippen molar-refractivity contribution in [1.82, 2.24) is 5.32 Å². The molecule has 0 saturated carbocycles. The van der Waals surface area contributed by atoms with Crippen molar-refractivity contribution in [2.24, 2.45) is 0 Å². The molecule has 0 aliphatic heterocycles. The molecule has 1 rings (SSSR count). The molecule has 1 aromatic carbocycles. The van der Waals surface area contributed by atoms with Gasteiger partial charge in [-0.25, -0.2) is 0 Å². The molecule has 0 radical (unpaired) electrons. The van der Waals surface area contributed by atoms with E-state index in [4.69, 9.17) is 5.73 Å². The van der Waals surface area contributed by atoms with Crippen molar-refractivity contribution in [1.29, 1.82) is 0 Å². The van der Waals surface area contributed by atoms with Crippen LogP contribution in [0.2, 0.25) is 0 Å². The van der Waals surface area contributed by atoms with E-state index in [1.807, 2.05) is 26.8 Å². The van der Waals surface area contributed by atoms with Gasteiger partial charge in [-0.1, -0.05) is 6.07 Å². The van der Waals surface area contributed by atoms with Gasteiger partial charge in [0.15, 0.2) is 0 Å². The fraction of sp³-hybridized carbons (Fsp3) is 0.417. The number of hydrogen-bond acceptors (Lipinski definition) is 3. The Bertz CT molecular complexity index is 444. The molecule has 3 N–H and O–H groups in total. The number of hydrogen-bond donors (Lipinski definition) is 2. The predicted octanol–water partition coefficient (Wildman–Crippen LogP) is 1.21. The maximum atomic E-state index is 11.9. The first-order valence-corrected chi connectivity index (χ1v) is 6.76. The van der Waals surface area contributed by atoms with Gasteiger partial charge in [0.2, 0.25) is 5.91 Å². The third kappa shape index (κ3) is 4.19. The van der Waals surface area contributed by atoms with E-state index < -0.39 is 10.8 Å². The summed E-state index contributed by atoms with van der Waals surface area (Å²) in [6.45, 7) is 5.64. The zero-order valence-corrected chi connectivity index (χ0v) is 11.1. The second-order valence-corrected chi connectivity index (χ2v) is 5.67. The van der Waals surface area contributed by atoms with Gasteiger partial charge in [-0.05, 0) is 38.5 Å². The topological polar surface area (TPSA) is 72.2 Å². The van der Waals surface area contributed by atoms with Crippen molar-refractivity contribution < 1.29 is 9.00 Å². The number of benzene rings is 1. The highest BCUT2D eigenvalue weighted by molar-refractivity contribution is 7.86. The Balaban J connectivity index is 2.73. The lowest BCUT2D eigenvalue weighted by Crippen LogP contribution is -2.33. The molecule has 0 aromatic heterocycles. The molecule has 0 spiro atoms. The number of amides is 1. The Morgan fingerprint density at radius 1 is 1.47 bits per heavy atom. The molecular formula is C12H18N2O2S. The average molecular weight is 254 g/mol. The van der Waals surface area contributed by atoms with E-state index >= 15 is 0 Å². The van der Waals surface area contributed by atoms with E-state index in [0.29, 0.717) is 10.6 Å². The molecule has 1 amide bonds. The van der Waals surface area contributed by atoms with Gasteiger partial charge in [0, 0.05) is 11.7 Å². The highest BCUT2D eigenvalue weighted by Gasteiger charge is 2.13. The number of anilines is 1. The van der Waals surface area contributed by atoms with Crippen LogP contribution in [0.3, 0.4) is 0 Å². The van der Waals surface area contributed by atoms with Gasteiger partial charge >= 0.3 is 0 Å². The number of aryl methyl sites for hydroxylation is 1. The van der Waals surface area contributed by atoms with Gasteiger partial charge in [0.1, 0.15) is 5.75 Å². The highest BCUT2D eigenvalue weighted by Crippen LogP contribution is 2.17. The summed E-state index contributed by atoms with van der Waals surface area (Å²) in [7, 11) is -1.39. The van der Waals surface area contributed by atoms with Crippen molar-refractivity contribution >= 4 is 22.4 Å². The Hall–Kier alpha value is -1.36. The fourth-order valence-electron chi connectivity index (χ4n) is 1.44. The van der Waals surface area contributed by atoms with Gasteiger partial charge in [0.25, 0.3) is 0 Å². The molecule has 0 heterocycles. The summed E-state index contributed by atoms with van der Waals surface area (Å²) in [6, 6.07) is 5.36. The zero-order chi connectivity index (χ0) is 13.0. The van der Waals surface area contributed by atoms with Gasteiger partial charge in [-0.15, -0.1) is 0 Å². The van der Waals surface area contributed by atoms with Crippen LogP contribution < -0.4 is 11.1 Å². The van der Waals surface area contributed by atoms with E-state index in [0.717, 1.165) is 5.56 Å². The van der Waals surface area contributed by atoms with Gasteiger partial charge < -0.3 is 11.1 Å². The van der Waals surface area contributed by atoms with Crippen molar-refractivity contribution in [3.8, 4) is 0 Å². The van der Waals surface area contributed by atoms with Crippen LogP contribution in [0.15, 0.2) is 23.1 Å². The molecule has 1 unspecified atom stereocenters. The number of nitrogen functional groups attached to an aromatic ring is 1. The number of carbonyl (C=O) groups is 1. The number of carbonyl (C=O) groups excluding carboxylic acids is 1. The Kier molecular flexibility index (Phi) is 4.69.